The van der Waals surface area contributed by atoms with Gasteiger partial charge in [0.15, 0.2) is 0 Å². The predicted octanol–water partition coefficient (Wildman–Crippen LogP) is 2.71. The minimum Gasteiger partial charge on any atom is -0.497 e. The van der Waals surface area contributed by atoms with E-state index in [0.717, 1.165) is 29.9 Å². The average Bonchev–Trinajstić information content (AvgIpc) is 3.17. The highest BCUT2D eigenvalue weighted by Gasteiger charge is 2.60. The van der Waals surface area contributed by atoms with Gasteiger partial charge >= 0.3 is 0 Å². The van der Waals surface area contributed by atoms with Gasteiger partial charge in [-0.2, -0.15) is 0 Å². The first kappa shape index (κ1) is 13.2. The summed E-state index contributed by atoms with van der Waals surface area (Å²) < 4.78 is 11.0. The lowest BCUT2D eigenvalue weighted by Crippen LogP contribution is -2.39. The van der Waals surface area contributed by atoms with Crippen molar-refractivity contribution in [3.8, 4) is 11.5 Å². The summed E-state index contributed by atoms with van der Waals surface area (Å²) in [6.45, 7) is 2.34. The van der Waals surface area contributed by atoms with Crippen LogP contribution in [0.2, 0.25) is 0 Å². The van der Waals surface area contributed by atoms with Gasteiger partial charge in [0.1, 0.15) is 11.5 Å². The minimum atomic E-state index is 0.246. The van der Waals surface area contributed by atoms with Crippen molar-refractivity contribution >= 4 is 0 Å². The molecule has 1 saturated heterocycles. The van der Waals surface area contributed by atoms with E-state index in [9.17, 15) is 0 Å². The molecule has 0 N–H and O–H groups in total. The highest BCUT2D eigenvalue weighted by Crippen LogP contribution is 2.60. The summed E-state index contributed by atoms with van der Waals surface area (Å²) in [5.74, 6) is 3.94. The van der Waals surface area contributed by atoms with Gasteiger partial charge in [0.05, 0.1) is 14.2 Å². The third-order valence-electron chi connectivity index (χ3n) is 5.89. The first-order valence-electron chi connectivity index (χ1n) is 7.78. The van der Waals surface area contributed by atoms with Crippen molar-refractivity contribution in [3.63, 3.8) is 0 Å². The van der Waals surface area contributed by atoms with Crippen molar-refractivity contribution < 1.29 is 9.47 Å². The van der Waals surface area contributed by atoms with Crippen LogP contribution in [-0.2, 0) is 5.41 Å². The molecule has 2 fully saturated rings. The number of rotatable bonds is 3. The lowest BCUT2D eigenvalue weighted by molar-refractivity contribution is 0.304. The van der Waals surface area contributed by atoms with Crippen LogP contribution in [0, 0.1) is 17.8 Å². The van der Waals surface area contributed by atoms with Crippen LogP contribution < -0.4 is 9.47 Å². The molecule has 3 nitrogen and oxygen atoms in total. The van der Waals surface area contributed by atoms with Gasteiger partial charge in [-0.25, -0.2) is 0 Å². The van der Waals surface area contributed by atoms with E-state index in [-0.39, 0.29) is 5.41 Å². The molecule has 1 saturated carbocycles. The number of likely N-dealkylation sites (tertiary alicyclic amines) is 1. The summed E-state index contributed by atoms with van der Waals surface area (Å²) in [7, 11) is 5.71. The third-order valence-corrected chi connectivity index (χ3v) is 5.89. The molecule has 4 unspecified atom stereocenters. The zero-order valence-electron chi connectivity index (χ0n) is 13.0. The van der Waals surface area contributed by atoms with Gasteiger partial charge in [-0.05, 0) is 48.9 Å². The maximum atomic E-state index is 5.50. The Bertz CT molecular complexity index is 575. The van der Waals surface area contributed by atoms with Crippen molar-refractivity contribution in [2.45, 2.75) is 11.8 Å². The van der Waals surface area contributed by atoms with E-state index < -0.39 is 0 Å². The van der Waals surface area contributed by atoms with E-state index in [2.05, 4.69) is 36.2 Å². The van der Waals surface area contributed by atoms with Crippen LogP contribution in [0.1, 0.15) is 12.0 Å². The van der Waals surface area contributed by atoms with Crippen molar-refractivity contribution in [3.05, 3.63) is 35.9 Å². The van der Waals surface area contributed by atoms with Crippen LogP contribution in [0.15, 0.2) is 30.4 Å². The second kappa shape index (κ2) is 4.51. The summed E-state index contributed by atoms with van der Waals surface area (Å²) in [5.41, 5.74) is 1.64. The van der Waals surface area contributed by atoms with Crippen LogP contribution in [0.3, 0.4) is 0 Å². The maximum Gasteiger partial charge on any atom is 0.122 e. The van der Waals surface area contributed by atoms with Crippen molar-refractivity contribution in [2.24, 2.45) is 17.8 Å². The maximum absolute atomic E-state index is 5.50. The van der Waals surface area contributed by atoms with Crippen LogP contribution in [0.5, 0.6) is 11.5 Å². The standard InChI is InChI=1S/C18H23NO2/c1-19-10-17-12-4-5-13(6-12)18(17,11-19)14-7-15(20-2)9-16(8-14)21-3/h4-5,7-9,12-13,17H,6,10-11H2,1-3H3. The quantitative estimate of drug-likeness (QED) is 0.797. The molecule has 0 radical (unpaired) electrons. The van der Waals surface area contributed by atoms with Gasteiger partial charge in [-0.1, -0.05) is 12.2 Å². The minimum absolute atomic E-state index is 0.246. The van der Waals surface area contributed by atoms with Gasteiger partial charge in [0, 0.05) is 24.6 Å². The van der Waals surface area contributed by atoms with Crippen LogP contribution in [0.4, 0.5) is 0 Å². The number of fused-ring (bicyclic) bond motifs is 5. The second-order valence-corrected chi connectivity index (χ2v) is 6.84. The van der Waals surface area contributed by atoms with E-state index >= 15 is 0 Å². The highest BCUT2D eigenvalue weighted by molar-refractivity contribution is 5.46. The molecule has 2 bridgehead atoms. The Balaban J connectivity index is 1.86. The van der Waals surface area contributed by atoms with E-state index in [1.807, 2.05) is 6.07 Å². The predicted molar refractivity (Wildman–Crippen MR) is 82.9 cm³/mol. The number of likely N-dealkylation sites (N-methyl/N-ethyl adjacent to an activating group) is 1. The molecule has 3 aliphatic rings. The van der Waals surface area contributed by atoms with Crippen molar-refractivity contribution in [1.29, 1.82) is 0 Å². The molecular formula is C18H23NO2. The van der Waals surface area contributed by atoms with Gasteiger partial charge < -0.3 is 14.4 Å². The molecule has 1 aliphatic heterocycles. The zero-order chi connectivity index (χ0) is 14.6. The van der Waals surface area contributed by atoms with Gasteiger partial charge in [-0.3, -0.25) is 0 Å². The Labute approximate surface area is 126 Å². The molecule has 0 aromatic heterocycles. The monoisotopic (exact) mass is 285 g/mol. The summed E-state index contributed by atoms with van der Waals surface area (Å²) in [5, 5.41) is 0. The number of benzene rings is 1. The molecule has 1 heterocycles. The topological polar surface area (TPSA) is 21.7 Å². The lowest BCUT2D eigenvalue weighted by Gasteiger charge is -2.37. The summed E-state index contributed by atoms with van der Waals surface area (Å²) >= 11 is 0. The number of nitrogens with zero attached hydrogens (tertiary/aromatic N) is 1. The fraction of sp³-hybridized carbons (Fsp3) is 0.556. The molecule has 3 heteroatoms. The second-order valence-electron chi connectivity index (χ2n) is 6.84. The van der Waals surface area contributed by atoms with E-state index in [0.29, 0.717) is 5.92 Å². The largest absolute Gasteiger partial charge is 0.497 e. The number of hydrogen-bond acceptors (Lipinski definition) is 3. The van der Waals surface area contributed by atoms with Gasteiger partial charge in [-0.15, -0.1) is 0 Å². The highest BCUT2D eigenvalue weighted by atomic mass is 16.5. The molecule has 0 spiro atoms. The first-order chi connectivity index (χ1) is 10.2. The van der Waals surface area contributed by atoms with E-state index in [4.69, 9.17) is 9.47 Å². The Hall–Kier alpha value is -1.48. The Morgan fingerprint density at radius 2 is 1.81 bits per heavy atom. The molecule has 112 valence electrons. The smallest absolute Gasteiger partial charge is 0.122 e. The lowest BCUT2D eigenvalue weighted by atomic mass is 9.66. The number of ether oxygens (including phenoxy) is 2. The number of methoxy groups -OCH3 is 2. The molecule has 21 heavy (non-hydrogen) atoms. The normalized spacial score (nSPS) is 37.0. The average molecular weight is 285 g/mol. The molecule has 0 amide bonds. The summed E-state index contributed by atoms with van der Waals surface area (Å²) in [6.07, 6.45) is 6.22. The fourth-order valence-electron chi connectivity index (χ4n) is 5.04. The number of hydrogen-bond donors (Lipinski definition) is 0. The Morgan fingerprint density at radius 1 is 1.10 bits per heavy atom. The van der Waals surface area contributed by atoms with Crippen molar-refractivity contribution in [2.75, 3.05) is 34.4 Å². The fourth-order valence-corrected chi connectivity index (χ4v) is 5.04. The number of allylic oxidation sites excluding steroid dienone is 2. The molecule has 4 atom stereocenters. The van der Waals surface area contributed by atoms with E-state index in [1.54, 1.807) is 14.2 Å². The Kier molecular flexibility index (Phi) is 2.83. The molecule has 4 rings (SSSR count). The zero-order valence-corrected chi connectivity index (χ0v) is 13.0. The molecule has 1 aromatic rings. The van der Waals surface area contributed by atoms with Crippen LogP contribution in [0.25, 0.3) is 0 Å². The molecule has 1 aromatic carbocycles. The SMILES string of the molecule is COc1cc(OC)cc(C23CN(C)CC2C2C=CC3C2)c1. The molecule has 2 aliphatic carbocycles. The van der Waals surface area contributed by atoms with Crippen LogP contribution in [-0.4, -0.2) is 39.3 Å². The summed E-state index contributed by atoms with van der Waals surface area (Å²) in [4.78, 5) is 2.49. The third kappa shape index (κ3) is 1.70. The van der Waals surface area contributed by atoms with Crippen LogP contribution >= 0.6 is 0 Å². The van der Waals surface area contributed by atoms with Gasteiger partial charge in [0.2, 0.25) is 0 Å². The molecular weight excluding hydrogens is 262 g/mol. The van der Waals surface area contributed by atoms with Gasteiger partial charge in [0.25, 0.3) is 0 Å². The summed E-state index contributed by atoms with van der Waals surface area (Å²) in [6, 6.07) is 6.42. The Morgan fingerprint density at radius 3 is 2.48 bits per heavy atom. The van der Waals surface area contributed by atoms with Crippen molar-refractivity contribution in [1.82, 2.24) is 4.90 Å². The first-order valence-corrected chi connectivity index (χ1v) is 7.78. The van der Waals surface area contributed by atoms with E-state index in [1.165, 1.54) is 18.5 Å².